The molecule has 2 rings (SSSR count). The van der Waals surface area contributed by atoms with Crippen molar-refractivity contribution in [3.05, 3.63) is 17.8 Å². The first-order valence-corrected chi connectivity index (χ1v) is 7.80. The van der Waals surface area contributed by atoms with Gasteiger partial charge >= 0.3 is 0 Å². The van der Waals surface area contributed by atoms with Crippen molar-refractivity contribution < 1.29 is 4.42 Å². The molecule has 1 fully saturated rings. The third-order valence-corrected chi connectivity index (χ3v) is 4.06. The van der Waals surface area contributed by atoms with Gasteiger partial charge in [-0.3, -0.25) is 0 Å². The van der Waals surface area contributed by atoms with E-state index in [0.717, 1.165) is 37.1 Å². The van der Waals surface area contributed by atoms with Gasteiger partial charge in [0.2, 0.25) is 0 Å². The Labute approximate surface area is 117 Å². The summed E-state index contributed by atoms with van der Waals surface area (Å²) < 4.78 is 5.91. The van der Waals surface area contributed by atoms with Crippen LogP contribution in [0.4, 0.5) is 0 Å². The normalized spacial score (nSPS) is 24.0. The quantitative estimate of drug-likeness (QED) is 0.795. The average Bonchev–Trinajstić information content (AvgIpc) is 2.84. The first kappa shape index (κ1) is 14.6. The maximum absolute atomic E-state index is 5.91. The Kier molecular flexibility index (Phi) is 5.44. The van der Waals surface area contributed by atoms with Crippen molar-refractivity contribution >= 4 is 0 Å². The van der Waals surface area contributed by atoms with Gasteiger partial charge in [-0.15, -0.1) is 0 Å². The van der Waals surface area contributed by atoms with Crippen molar-refractivity contribution in [1.82, 2.24) is 10.3 Å². The third kappa shape index (κ3) is 4.64. The minimum Gasteiger partial charge on any atom is -0.445 e. The zero-order chi connectivity index (χ0) is 13.7. The van der Waals surface area contributed by atoms with Gasteiger partial charge in [-0.25, -0.2) is 4.98 Å². The van der Waals surface area contributed by atoms with Crippen LogP contribution in [-0.4, -0.2) is 18.1 Å². The zero-order valence-electron chi connectivity index (χ0n) is 12.6. The summed E-state index contributed by atoms with van der Waals surface area (Å²) in [6.07, 6.45) is 8.05. The molecule has 0 spiro atoms. The molecule has 0 unspecified atom stereocenters. The molecular weight excluding hydrogens is 236 g/mol. The van der Waals surface area contributed by atoms with Crippen molar-refractivity contribution in [2.24, 2.45) is 11.8 Å². The molecular formula is C16H28N2O. The van der Waals surface area contributed by atoms with Crippen LogP contribution in [0.2, 0.25) is 0 Å². The van der Waals surface area contributed by atoms with E-state index in [1.165, 1.54) is 25.7 Å². The molecule has 1 saturated carbocycles. The molecule has 3 heteroatoms. The molecule has 1 heterocycles. The Morgan fingerprint density at radius 3 is 2.74 bits per heavy atom. The number of aromatic nitrogens is 1. The van der Waals surface area contributed by atoms with Crippen molar-refractivity contribution in [3.63, 3.8) is 0 Å². The molecule has 0 atom stereocenters. The van der Waals surface area contributed by atoms with E-state index >= 15 is 0 Å². The topological polar surface area (TPSA) is 38.1 Å². The van der Waals surface area contributed by atoms with E-state index in [1.807, 2.05) is 6.20 Å². The highest BCUT2D eigenvalue weighted by Gasteiger charge is 2.22. The molecule has 1 aromatic heterocycles. The molecule has 3 nitrogen and oxygen atoms in total. The molecule has 19 heavy (non-hydrogen) atoms. The first-order chi connectivity index (χ1) is 9.15. The summed E-state index contributed by atoms with van der Waals surface area (Å²) in [6, 6.07) is 0. The number of rotatable bonds is 6. The van der Waals surface area contributed by atoms with Crippen LogP contribution in [0.1, 0.15) is 64.0 Å². The molecule has 1 N–H and O–H groups in total. The monoisotopic (exact) mass is 264 g/mol. The van der Waals surface area contributed by atoms with Gasteiger partial charge < -0.3 is 9.73 Å². The SMILES string of the molecule is CC(C)CNCCc1ncc(C2CCC(C)CC2)o1. The Hall–Kier alpha value is -0.830. The molecule has 0 bridgehead atoms. The highest BCUT2D eigenvalue weighted by Crippen LogP contribution is 2.35. The molecule has 0 amide bonds. The highest BCUT2D eigenvalue weighted by molar-refractivity contribution is 5.03. The van der Waals surface area contributed by atoms with Gasteiger partial charge in [0.25, 0.3) is 0 Å². The zero-order valence-corrected chi connectivity index (χ0v) is 12.6. The van der Waals surface area contributed by atoms with Gasteiger partial charge in [-0.1, -0.05) is 33.6 Å². The van der Waals surface area contributed by atoms with Crippen LogP contribution in [0.5, 0.6) is 0 Å². The Bertz CT molecular complexity index is 365. The highest BCUT2D eigenvalue weighted by atomic mass is 16.4. The second-order valence-corrected chi connectivity index (χ2v) is 6.46. The van der Waals surface area contributed by atoms with E-state index in [0.29, 0.717) is 11.8 Å². The molecule has 0 radical (unpaired) electrons. The van der Waals surface area contributed by atoms with Gasteiger partial charge in [0, 0.05) is 18.9 Å². The fraction of sp³-hybridized carbons (Fsp3) is 0.812. The second-order valence-electron chi connectivity index (χ2n) is 6.46. The average molecular weight is 264 g/mol. The Morgan fingerprint density at radius 1 is 1.32 bits per heavy atom. The van der Waals surface area contributed by atoms with E-state index in [1.54, 1.807) is 0 Å². The van der Waals surface area contributed by atoms with Crippen LogP contribution in [-0.2, 0) is 6.42 Å². The summed E-state index contributed by atoms with van der Waals surface area (Å²) in [6.45, 7) is 8.82. The molecule has 1 aliphatic rings. The van der Waals surface area contributed by atoms with E-state index in [9.17, 15) is 0 Å². The van der Waals surface area contributed by atoms with Gasteiger partial charge in [0.05, 0.1) is 6.20 Å². The molecule has 0 saturated heterocycles. The summed E-state index contributed by atoms with van der Waals surface area (Å²) in [5.74, 6) is 4.21. The summed E-state index contributed by atoms with van der Waals surface area (Å²) in [4.78, 5) is 4.42. The van der Waals surface area contributed by atoms with Crippen molar-refractivity contribution in [2.45, 2.75) is 58.8 Å². The molecule has 0 aromatic carbocycles. The predicted molar refractivity (Wildman–Crippen MR) is 78.3 cm³/mol. The van der Waals surface area contributed by atoms with Gasteiger partial charge in [-0.2, -0.15) is 0 Å². The summed E-state index contributed by atoms with van der Waals surface area (Å²) in [7, 11) is 0. The maximum Gasteiger partial charge on any atom is 0.195 e. The van der Waals surface area contributed by atoms with Crippen LogP contribution in [0.15, 0.2) is 10.6 Å². The number of hydrogen-bond acceptors (Lipinski definition) is 3. The Balaban J connectivity index is 1.75. The van der Waals surface area contributed by atoms with Crippen molar-refractivity contribution in [2.75, 3.05) is 13.1 Å². The van der Waals surface area contributed by atoms with E-state index in [-0.39, 0.29) is 0 Å². The fourth-order valence-electron chi connectivity index (χ4n) is 2.76. The van der Waals surface area contributed by atoms with Crippen molar-refractivity contribution in [3.8, 4) is 0 Å². The molecule has 1 aromatic rings. The first-order valence-electron chi connectivity index (χ1n) is 7.80. The van der Waals surface area contributed by atoms with Crippen LogP contribution in [0, 0.1) is 11.8 Å². The smallest absolute Gasteiger partial charge is 0.195 e. The van der Waals surface area contributed by atoms with Crippen LogP contribution in [0.25, 0.3) is 0 Å². The maximum atomic E-state index is 5.91. The van der Waals surface area contributed by atoms with Gasteiger partial charge in [0.15, 0.2) is 5.89 Å². The number of hydrogen-bond donors (Lipinski definition) is 1. The fourth-order valence-corrected chi connectivity index (χ4v) is 2.76. The minimum atomic E-state index is 0.612. The van der Waals surface area contributed by atoms with E-state index in [4.69, 9.17) is 4.42 Å². The summed E-state index contributed by atoms with van der Waals surface area (Å²) >= 11 is 0. The van der Waals surface area contributed by atoms with Gasteiger partial charge in [-0.05, 0) is 31.2 Å². The standard InChI is InChI=1S/C16H28N2O/c1-12(2)10-17-9-8-16-18-11-15(19-16)14-6-4-13(3)5-7-14/h11-14,17H,4-10H2,1-3H3. The van der Waals surface area contributed by atoms with E-state index in [2.05, 4.69) is 31.1 Å². The van der Waals surface area contributed by atoms with Crippen molar-refractivity contribution in [1.29, 1.82) is 0 Å². The lowest BCUT2D eigenvalue weighted by molar-refractivity contribution is 0.308. The number of nitrogens with zero attached hydrogens (tertiary/aromatic N) is 1. The number of nitrogens with one attached hydrogen (secondary N) is 1. The second kappa shape index (κ2) is 7.09. The summed E-state index contributed by atoms with van der Waals surface area (Å²) in [5.41, 5.74) is 0. The van der Waals surface area contributed by atoms with Gasteiger partial charge in [0.1, 0.15) is 5.76 Å². The number of oxazole rings is 1. The molecule has 0 aliphatic heterocycles. The Morgan fingerprint density at radius 2 is 2.05 bits per heavy atom. The van der Waals surface area contributed by atoms with Crippen LogP contribution < -0.4 is 5.32 Å². The predicted octanol–water partition coefficient (Wildman–Crippen LogP) is 3.76. The third-order valence-electron chi connectivity index (χ3n) is 4.06. The molecule has 1 aliphatic carbocycles. The van der Waals surface area contributed by atoms with Crippen LogP contribution in [0.3, 0.4) is 0 Å². The van der Waals surface area contributed by atoms with Crippen LogP contribution >= 0.6 is 0 Å². The van der Waals surface area contributed by atoms with E-state index < -0.39 is 0 Å². The lowest BCUT2D eigenvalue weighted by Crippen LogP contribution is -2.22. The minimum absolute atomic E-state index is 0.612. The lowest BCUT2D eigenvalue weighted by Gasteiger charge is -2.24. The summed E-state index contributed by atoms with van der Waals surface area (Å²) in [5, 5.41) is 3.43. The lowest BCUT2D eigenvalue weighted by atomic mass is 9.82. The molecule has 108 valence electrons. The largest absolute Gasteiger partial charge is 0.445 e.